The molecule has 0 bridgehead atoms. The van der Waals surface area contributed by atoms with Crippen LogP contribution in [0.4, 0.5) is 0 Å². The standard InChI is InChI=1S/C17H20ClNO4/c1-11-8-13(12(2)23-11)17(3,21)10-19-16(20)9-22-15-7-5-4-6-14(15)18/h4-8,21H,9-10H2,1-3H3,(H,19,20). The molecule has 2 rings (SSSR count). The van der Waals surface area contributed by atoms with Gasteiger partial charge in [0, 0.05) is 5.56 Å². The molecule has 0 aliphatic carbocycles. The van der Waals surface area contributed by atoms with Crippen molar-refractivity contribution in [1.82, 2.24) is 5.32 Å². The molecule has 1 unspecified atom stereocenters. The number of nitrogens with one attached hydrogen (secondary N) is 1. The zero-order valence-electron chi connectivity index (χ0n) is 13.4. The molecular formula is C17H20ClNO4. The third kappa shape index (κ3) is 4.50. The number of carbonyl (C=O) groups is 1. The fourth-order valence-corrected chi connectivity index (χ4v) is 2.48. The SMILES string of the molecule is Cc1cc(C(C)(O)CNC(=O)COc2ccccc2Cl)c(C)o1. The molecule has 23 heavy (non-hydrogen) atoms. The molecule has 2 N–H and O–H groups in total. The van der Waals surface area contributed by atoms with Crippen LogP contribution in [-0.4, -0.2) is 24.2 Å². The summed E-state index contributed by atoms with van der Waals surface area (Å²) < 4.78 is 10.8. The Hall–Kier alpha value is -1.98. The fraction of sp³-hybridized carbons (Fsp3) is 0.353. The predicted octanol–water partition coefficient (Wildman–Crippen LogP) is 2.95. The van der Waals surface area contributed by atoms with Gasteiger partial charge in [0.25, 0.3) is 5.91 Å². The molecule has 2 aromatic rings. The topological polar surface area (TPSA) is 71.7 Å². The number of aliphatic hydroxyl groups is 1. The first kappa shape index (κ1) is 17.4. The number of aryl methyl sites for hydroxylation is 2. The number of halogens is 1. The molecule has 0 aliphatic heterocycles. The Balaban J connectivity index is 1.89. The van der Waals surface area contributed by atoms with E-state index < -0.39 is 5.60 Å². The molecule has 1 aromatic carbocycles. The average molecular weight is 338 g/mol. The highest BCUT2D eigenvalue weighted by Gasteiger charge is 2.28. The van der Waals surface area contributed by atoms with Gasteiger partial charge in [0.1, 0.15) is 22.9 Å². The summed E-state index contributed by atoms with van der Waals surface area (Å²) in [6, 6.07) is 8.68. The van der Waals surface area contributed by atoms with Crippen molar-refractivity contribution in [3.63, 3.8) is 0 Å². The van der Waals surface area contributed by atoms with Crippen LogP contribution in [-0.2, 0) is 10.4 Å². The van der Waals surface area contributed by atoms with Gasteiger partial charge in [-0.15, -0.1) is 0 Å². The second kappa shape index (κ2) is 7.06. The van der Waals surface area contributed by atoms with Gasteiger partial charge < -0.3 is 19.6 Å². The van der Waals surface area contributed by atoms with Crippen molar-refractivity contribution >= 4 is 17.5 Å². The van der Waals surface area contributed by atoms with Gasteiger partial charge in [0.2, 0.25) is 0 Å². The number of furan rings is 1. The summed E-state index contributed by atoms with van der Waals surface area (Å²) in [6.45, 7) is 5.09. The van der Waals surface area contributed by atoms with Gasteiger partial charge in [-0.05, 0) is 39.0 Å². The second-order valence-corrected chi connectivity index (χ2v) is 6.00. The second-order valence-electron chi connectivity index (χ2n) is 5.60. The monoisotopic (exact) mass is 337 g/mol. The van der Waals surface area contributed by atoms with Gasteiger partial charge in [-0.3, -0.25) is 4.79 Å². The van der Waals surface area contributed by atoms with E-state index in [2.05, 4.69) is 5.32 Å². The lowest BCUT2D eigenvalue weighted by Gasteiger charge is -2.23. The summed E-state index contributed by atoms with van der Waals surface area (Å²) >= 11 is 5.95. The van der Waals surface area contributed by atoms with Crippen LogP contribution < -0.4 is 10.1 Å². The van der Waals surface area contributed by atoms with Crippen molar-refractivity contribution in [3.05, 3.63) is 52.4 Å². The quantitative estimate of drug-likeness (QED) is 0.850. The third-order valence-corrected chi connectivity index (χ3v) is 3.76. The smallest absolute Gasteiger partial charge is 0.258 e. The Morgan fingerprint density at radius 3 is 2.70 bits per heavy atom. The minimum atomic E-state index is -1.22. The molecule has 1 aromatic heterocycles. The van der Waals surface area contributed by atoms with Gasteiger partial charge in [0.15, 0.2) is 6.61 Å². The molecule has 0 radical (unpaired) electrons. The molecule has 0 fully saturated rings. The Bertz CT molecular complexity index is 694. The first-order chi connectivity index (χ1) is 10.8. The lowest BCUT2D eigenvalue weighted by atomic mass is 9.96. The van der Waals surface area contributed by atoms with E-state index in [0.717, 1.165) is 0 Å². The van der Waals surface area contributed by atoms with E-state index in [1.54, 1.807) is 44.2 Å². The molecule has 0 spiro atoms. The highest BCUT2D eigenvalue weighted by Crippen LogP contribution is 2.26. The summed E-state index contributed by atoms with van der Waals surface area (Å²) in [4.78, 5) is 11.9. The summed E-state index contributed by atoms with van der Waals surface area (Å²) in [6.07, 6.45) is 0. The lowest BCUT2D eigenvalue weighted by Crippen LogP contribution is -2.40. The molecule has 0 saturated carbocycles. The van der Waals surface area contributed by atoms with Crippen LogP contribution >= 0.6 is 11.6 Å². The van der Waals surface area contributed by atoms with Crippen LogP contribution in [0.3, 0.4) is 0 Å². The summed E-state index contributed by atoms with van der Waals surface area (Å²) in [5, 5.41) is 13.6. The normalized spacial score (nSPS) is 13.4. The molecular weight excluding hydrogens is 318 g/mol. The molecule has 1 amide bonds. The van der Waals surface area contributed by atoms with E-state index in [9.17, 15) is 9.90 Å². The van der Waals surface area contributed by atoms with Crippen molar-refractivity contribution < 1.29 is 19.1 Å². The largest absolute Gasteiger partial charge is 0.482 e. The minimum absolute atomic E-state index is 0.0531. The van der Waals surface area contributed by atoms with Crippen molar-refractivity contribution in [2.45, 2.75) is 26.4 Å². The molecule has 1 heterocycles. The van der Waals surface area contributed by atoms with Crippen LogP contribution in [0.15, 0.2) is 34.7 Å². The van der Waals surface area contributed by atoms with E-state index in [4.69, 9.17) is 20.8 Å². The van der Waals surface area contributed by atoms with Crippen LogP contribution in [0.5, 0.6) is 5.75 Å². The zero-order chi connectivity index (χ0) is 17.0. The van der Waals surface area contributed by atoms with Crippen molar-refractivity contribution in [1.29, 1.82) is 0 Å². The molecule has 1 atom stereocenters. The van der Waals surface area contributed by atoms with Gasteiger partial charge in [-0.2, -0.15) is 0 Å². The van der Waals surface area contributed by atoms with Gasteiger partial charge in [0.05, 0.1) is 11.6 Å². The maximum Gasteiger partial charge on any atom is 0.258 e. The Kier molecular flexibility index (Phi) is 5.34. The van der Waals surface area contributed by atoms with E-state index in [1.807, 2.05) is 6.92 Å². The Labute approximate surface area is 140 Å². The Morgan fingerprint density at radius 2 is 2.09 bits per heavy atom. The number of rotatable bonds is 6. The van der Waals surface area contributed by atoms with Gasteiger partial charge in [-0.1, -0.05) is 23.7 Å². The first-order valence-electron chi connectivity index (χ1n) is 7.23. The molecule has 0 saturated heterocycles. The maximum atomic E-state index is 11.9. The number of para-hydroxylation sites is 1. The number of hydrogen-bond donors (Lipinski definition) is 2. The lowest BCUT2D eigenvalue weighted by molar-refractivity contribution is -0.124. The van der Waals surface area contributed by atoms with Crippen molar-refractivity contribution in [3.8, 4) is 5.75 Å². The number of amides is 1. The van der Waals surface area contributed by atoms with E-state index >= 15 is 0 Å². The van der Waals surface area contributed by atoms with Gasteiger partial charge >= 0.3 is 0 Å². The molecule has 0 aliphatic rings. The zero-order valence-corrected chi connectivity index (χ0v) is 14.1. The minimum Gasteiger partial charge on any atom is -0.482 e. The molecule has 124 valence electrons. The van der Waals surface area contributed by atoms with Crippen molar-refractivity contribution in [2.24, 2.45) is 0 Å². The van der Waals surface area contributed by atoms with E-state index in [1.165, 1.54) is 0 Å². The maximum absolute atomic E-state index is 11.9. The number of benzene rings is 1. The molecule has 6 heteroatoms. The van der Waals surface area contributed by atoms with Crippen LogP contribution in [0.2, 0.25) is 5.02 Å². The van der Waals surface area contributed by atoms with E-state index in [-0.39, 0.29) is 19.1 Å². The first-order valence-corrected chi connectivity index (χ1v) is 7.61. The molecule has 5 nitrogen and oxygen atoms in total. The highest BCUT2D eigenvalue weighted by atomic mass is 35.5. The van der Waals surface area contributed by atoms with E-state index in [0.29, 0.717) is 27.9 Å². The summed E-state index contributed by atoms with van der Waals surface area (Å²) in [5.41, 5.74) is -0.565. The van der Waals surface area contributed by atoms with Gasteiger partial charge in [-0.25, -0.2) is 0 Å². The predicted molar refractivity (Wildman–Crippen MR) is 87.7 cm³/mol. The highest BCUT2D eigenvalue weighted by molar-refractivity contribution is 6.32. The van der Waals surface area contributed by atoms with Crippen LogP contribution in [0, 0.1) is 13.8 Å². The fourth-order valence-electron chi connectivity index (χ4n) is 2.29. The third-order valence-electron chi connectivity index (χ3n) is 3.45. The Morgan fingerprint density at radius 1 is 1.39 bits per heavy atom. The number of carbonyl (C=O) groups excluding carboxylic acids is 1. The van der Waals surface area contributed by atoms with Crippen LogP contribution in [0.25, 0.3) is 0 Å². The average Bonchev–Trinajstić information content (AvgIpc) is 2.84. The summed E-state index contributed by atoms with van der Waals surface area (Å²) in [5.74, 6) is 1.45. The number of ether oxygens (including phenoxy) is 1. The summed E-state index contributed by atoms with van der Waals surface area (Å²) in [7, 11) is 0. The van der Waals surface area contributed by atoms with Crippen LogP contribution in [0.1, 0.15) is 24.0 Å². The van der Waals surface area contributed by atoms with Crippen molar-refractivity contribution in [2.75, 3.05) is 13.2 Å². The number of hydrogen-bond acceptors (Lipinski definition) is 4.